The predicted octanol–water partition coefficient (Wildman–Crippen LogP) is 23.9. The van der Waals surface area contributed by atoms with E-state index in [0.29, 0.717) is 19.3 Å². The number of esters is 3. The van der Waals surface area contributed by atoms with Crippen molar-refractivity contribution in [2.75, 3.05) is 13.2 Å². The molecule has 1 atom stereocenters. The monoisotopic (exact) mass is 1100 g/mol. The molecule has 0 aliphatic carbocycles. The summed E-state index contributed by atoms with van der Waals surface area (Å²) in [5.74, 6) is -0.850. The van der Waals surface area contributed by atoms with Gasteiger partial charge in [-0.1, -0.05) is 346 Å². The Morgan fingerprint density at radius 2 is 0.462 bits per heavy atom. The van der Waals surface area contributed by atoms with Crippen LogP contribution in [0.25, 0.3) is 0 Å². The Kier molecular flexibility index (Phi) is 65.1. The molecular formula is C72H134O6. The number of carbonyl (C=O) groups excluding carboxylic acids is 3. The van der Waals surface area contributed by atoms with Crippen LogP contribution in [0, 0.1) is 0 Å². The lowest BCUT2D eigenvalue weighted by atomic mass is 10.0. The molecule has 6 heteroatoms. The zero-order valence-electron chi connectivity index (χ0n) is 52.7. The third kappa shape index (κ3) is 64.5. The first-order chi connectivity index (χ1) is 38.5. The third-order valence-electron chi connectivity index (χ3n) is 15.9. The molecule has 1 unspecified atom stereocenters. The van der Waals surface area contributed by atoms with Crippen LogP contribution in [0.4, 0.5) is 0 Å². The Labute approximate surface area is 486 Å². The molecule has 0 N–H and O–H groups in total. The molecule has 0 heterocycles. The highest BCUT2D eigenvalue weighted by Gasteiger charge is 2.19. The number of ether oxygens (including phenoxy) is 3. The summed E-state index contributed by atoms with van der Waals surface area (Å²) in [5.41, 5.74) is 0. The Hall–Kier alpha value is -2.37. The van der Waals surface area contributed by atoms with E-state index in [9.17, 15) is 14.4 Å². The maximum atomic E-state index is 12.9. The largest absolute Gasteiger partial charge is 0.462 e. The highest BCUT2D eigenvalue weighted by atomic mass is 16.6. The molecule has 0 saturated heterocycles. The molecule has 6 nitrogen and oxygen atoms in total. The highest BCUT2D eigenvalue weighted by Crippen LogP contribution is 2.18. The van der Waals surface area contributed by atoms with E-state index >= 15 is 0 Å². The van der Waals surface area contributed by atoms with Gasteiger partial charge in [-0.2, -0.15) is 0 Å². The maximum absolute atomic E-state index is 12.9. The van der Waals surface area contributed by atoms with Crippen LogP contribution in [-0.4, -0.2) is 37.2 Å². The standard InChI is InChI=1S/C72H134O6/c1-4-7-10-13-16-18-20-22-24-26-28-30-32-34-36-38-39-41-43-45-47-49-51-53-56-59-62-65-71(74)77-68-69(67-76-70(73)64-61-58-55-15-12-9-6-3)78-72(75)66-63-60-57-54-52-50-48-46-44-42-40-37-35-33-31-29-27-25-23-21-19-17-14-11-8-5-2/h20,22,26,28,32,34,69H,4-19,21,23-25,27,29-31,33,35-68H2,1-3H3/b22-20-,28-26-,34-32-. The van der Waals surface area contributed by atoms with Crippen LogP contribution >= 0.6 is 0 Å². The van der Waals surface area contributed by atoms with Gasteiger partial charge < -0.3 is 14.2 Å². The molecule has 0 amide bonds. The van der Waals surface area contributed by atoms with E-state index in [0.717, 1.165) is 70.6 Å². The van der Waals surface area contributed by atoms with E-state index in [1.165, 1.54) is 276 Å². The van der Waals surface area contributed by atoms with E-state index in [1.807, 2.05) is 0 Å². The number of rotatable bonds is 65. The summed E-state index contributed by atoms with van der Waals surface area (Å²) < 4.78 is 16.9. The summed E-state index contributed by atoms with van der Waals surface area (Å²) in [5, 5.41) is 0. The third-order valence-corrected chi connectivity index (χ3v) is 15.9. The van der Waals surface area contributed by atoms with Crippen LogP contribution < -0.4 is 0 Å². The second kappa shape index (κ2) is 67.1. The van der Waals surface area contributed by atoms with Crippen molar-refractivity contribution in [1.29, 1.82) is 0 Å². The van der Waals surface area contributed by atoms with Crippen molar-refractivity contribution in [3.05, 3.63) is 36.5 Å². The minimum Gasteiger partial charge on any atom is -0.462 e. The molecular weight excluding hydrogens is 961 g/mol. The quantitative estimate of drug-likeness (QED) is 0.0261. The highest BCUT2D eigenvalue weighted by molar-refractivity contribution is 5.71. The smallest absolute Gasteiger partial charge is 0.306 e. The van der Waals surface area contributed by atoms with Gasteiger partial charge in [-0.3, -0.25) is 14.4 Å². The predicted molar refractivity (Wildman–Crippen MR) is 339 cm³/mol. The lowest BCUT2D eigenvalue weighted by Gasteiger charge is -2.18. The van der Waals surface area contributed by atoms with Gasteiger partial charge in [-0.05, 0) is 57.8 Å². The lowest BCUT2D eigenvalue weighted by Crippen LogP contribution is -2.30. The Balaban J connectivity index is 4.04. The molecule has 0 radical (unpaired) electrons. The molecule has 0 aliphatic rings. The molecule has 0 spiro atoms. The molecule has 0 aromatic heterocycles. The maximum Gasteiger partial charge on any atom is 0.306 e. The number of unbranched alkanes of at least 4 members (excludes halogenated alkanes) is 48. The van der Waals surface area contributed by atoms with Gasteiger partial charge in [0.15, 0.2) is 6.10 Å². The van der Waals surface area contributed by atoms with Crippen LogP contribution in [0.2, 0.25) is 0 Å². The van der Waals surface area contributed by atoms with Gasteiger partial charge in [-0.25, -0.2) is 0 Å². The van der Waals surface area contributed by atoms with Crippen LogP contribution in [0.5, 0.6) is 0 Å². The number of hydrogen-bond acceptors (Lipinski definition) is 6. The molecule has 0 aromatic rings. The van der Waals surface area contributed by atoms with E-state index in [1.54, 1.807) is 0 Å². The fraction of sp³-hybridized carbons (Fsp3) is 0.875. The van der Waals surface area contributed by atoms with Crippen molar-refractivity contribution in [3.63, 3.8) is 0 Å². The fourth-order valence-corrected chi connectivity index (χ4v) is 10.6. The second-order valence-corrected chi connectivity index (χ2v) is 23.8. The van der Waals surface area contributed by atoms with Gasteiger partial charge in [0.25, 0.3) is 0 Å². The zero-order valence-corrected chi connectivity index (χ0v) is 52.7. The van der Waals surface area contributed by atoms with Gasteiger partial charge in [0.05, 0.1) is 0 Å². The number of hydrogen-bond donors (Lipinski definition) is 0. The van der Waals surface area contributed by atoms with Crippen molar-refractivity contribution >= 4 is 17.9 Å². The van der Waals surface area contributed by atoms with Crippen LogP contribution in [-0.2, 0) is 28.6 Å². The van der Waals surface area contributed by atoms with Gasteiger partial charge in [-0.15, -0.1) is 0 Å². The van der Waals surface area contributed by atoms with Crippen LogP contribution in [0.1, 0.15) is 387 Å². The molecule has 0 bridgehead atoms. The zero-order chi connectivity index (χ0) is 56.4. The molecule has 78 heavy (non-hydrogen) atoms. The van der Waals surface area contributed by atoms with Crippen molar-refractivity contribution in [2.24, 2.45) is 0 Å². The van der Waals surface area contributed by atoms with Gasteiger partial charge in [0, 0.05) is 19.3 Å². The summed E-state index contributed by atoms with van der Waals surface area (Å²) >= 11 is 0. The molecule has 0 rings (SSSR count). The molecule has 0 saturated carbocycles. The molecule has 0 aliphatic heterocycles. The number of allylic oxidation sites excluding steroid dienone is 6. The van der Waals surface area contributed by atoms with E-state index in [2.05, 4.69) is 57.2 Å². The van der Waals surface area contributed by atoms with Crippen molar-refractivity contribution in [1.82, 2.24) is 0 Å². The normalized spacial score (nSPS) is 12.2. The molecule has 0 fully saturated rings. The SMILES string of the molecule is CCCCCCC/C=C\C/C=C\C/C=C\CCCCCCCCCCCCCCC(=O)OCC(COC(=O)CCCCCCCCC)OC(=O)CCCCCCCCCCCCCCCCCCCCCCCCCCCC. The summed E-state index contributed by atoms with van der Waals surface area (Å²) in [6.07, 6.45) is 83.5. The van der Waals surface area contributed by atoms with E-state index in [-0.39, 0.29) is 31.1 Å². The average molecular weight is 1100 g/mol. The van der Waals surface area contributed by atoms with E-state index in [4.69, 9.17) is 14.2 Å². The first-order valence-electron chi connectivity index (χ1n) is 35.0. The Morgan fingerprint density at radius 1 is 0.256 bits per heavy atom. The lowest BCUT2D eigenvalue weighted by molar-refractivity contribution is -0.167. The average Bonchev–Trinajstić information content (AvgIpc) is 3.44. The van der Waals surface area contributed by atoms with Crippen LogP contribution in [0.15, 0.2) is 36.5 Å². The van der Waals surface area contributed by atoms with Crippen LogP contribution in [0.3, 0.4) is 0 Å². The minimum atomic E-state index is -0.768. The van der Waals surface area contributed by atoms with Crippen molar-refractivity contribution in [2.45, 2.75) is 393 Å². The number of carbonyl (C=O) groups is 3. The minimum absolute atomic E-state index is 0.0677. The summed E-state index contributed by atoms with van der Waals surface area (Å²) in [4.78, 5) is 38.2. The van der Waals surface area contributed by atoms with Gasteiger partial charge in [0.2, 0.25) is 0 Å². The molecule has 0 aromatic carbocycles. The fourth-order valence-electron chi connectivity index (χ4n) is 10.6. The van der Waals surface area contributed by atoms with E-state index < -0.39 is 6.10 Å². The topological polar surface area (TPSA) is 78.9 Å². The summed E-state index contributed by atoms with van der Waals surface area (Å²) in [6, 6.07) is 0. The second-order valence-electron chi connectivity index (χ2n) is 23.8. The van der Waals surface area contributed by atoms with Gasteiger partial charge >= 0.3 is 17.9 Å². The van der Waals surface area contributed by atoms with Crippen molar-refractivity contribution in [3.8, 4) is 0 Å². The molecule has 458 valence electrons. The summed E-state index contributed by atoms with van der Waals surface area (Å²) in [7, 11) is 0. The van der Waals surface area contributed by atoms with Crippen molar-refractivity contribution < 1.29 is 28.6 Å². The Bertz CT molecular complexity index is 1300. The Morgan fingerprint density at radius 3 is 0.718 bits per heavy atom. The summed E-state index contributed by atoms with van der Waals surface area (Å²) in [6.45, 7) is 6.65. The first kappa shape index (κ1) is 75.6. The van der Waals surface area contributed by atoms with Gasteiger partial charge in [0.1, 0.15) is 13.2 Å². The first-order valence-corrected chi connectivity index (χ1v) is 35.0.